The van der Waals surface area contributed by atoms with Crippen LogP contribution in [-0.2, 0) is 13.0 Å². The minimum absolute atomic E-state index is 0.0330. The standard InChI is InChI=1S/C15H17N3S/c1-2-18-9-11(8-17-18)7-14(16)13-10-19-15-6-4-3-5-12(13)15/h3-6,8-10,14H,2,7,16H2,1H3. The highest BCUT2D eigenvalue weighted by atomic mass is 32.1. The highest BCUT2D eigenvalue weighted by Gasteiger charge is 2.13. The highest BCUT2D eigenvalue weighted by Crippen LogP contribution is 2.30. The number of aromatic nitrogens is 2. The van der Waals surface area contributed by atoms with Gasteiger partial charge < -0.3 is 5.73 Å². The van der Waals surface area contributed by atoms with Crippen LogP contribution >= 0.6 is 11.3 Å². The van der Waals surface area contributed by atoms with Crippen LogP contribution < -0.4 is 5.73 Å². The van der Waals surface area contributed by atoms with Crippen molar-refractivity contribution in [3.8, 4) is 0 Å². The summed E-state index contributed by atoms with van der Waals surface area (Å²) >= 11 is 1.76. The van der Waals surface area contributed by atoms with Gasteiger partial charge in [0.05, 0.1) is 6.20 Å². The second-order valence-corrected chi connectivity index (χ2v) is 5.61. The maximum atomic E-state index is 6.36. The summed E-state index contributed by atoms with van der Waals surface area (Å²) in [5.41, 5.74) is 8.80. The lowest BCUT2D eigenvalue weighted by atomic mass is 10.0. The number of fused-ring (bicyclic) bond motifs is 1. The van der Waals surface area contributed by atoms with Crippen molar-refractivity contribution >= 4 is 21.4 Å². The Bertz CT molecular complexity index is 683. The SMILES string of the molecule is CCn1cc(CC(N)c2csc3ccccc23)cn1. The van der Waals surface area contributed by atoms with Gasteiger partial charge in [0.15, 0.2) is 0 Å². The Morgan fingerprint density at radius 3 is 3.00 bits per heavy atom. The molecule has 0 radical (unpaired) electrons. The van der Waals surface area contributed by atoms with E-state index < -0.39 is 0 Å². The molecule has 0 aliphatic carbocycles. The Hall–Kier alpha value is -1.65. The van der Waals surface area contributed by atoms with Crippen LogP contribution in [0.4, 0.5) is 0 Å². The highest BCUT2D eigenvalue weighted by molar-refractivity contribution is 7.17. The predicted octanol–water partition coefficient (Wildman–Crippen LogP) is 3.36. The number of hydrogen-bond donors (Lipinski definition) is 1. The Kier molecular flexibility index (Phi) is 3.36. The molecule has 2 heterocycles. The molecule has 2 N–H and O–H groups in total. The van der Waals surface area contributed by atoms with Gasteiger partial charge in [-0.3, -0.25) is 4.68 Å². The lowest BCUT2D eigenvalue weighted by molar-refractivity contribution is 0.657. The maximum absolute atomic E-state index is 6.36. The van der Waals surface area contributed by atoms with E-state index in [4.69, 9.17) is 5.73 Å². The summed E-state index contributed by atoms with van der Waals surface area (Å²) in [5, 5.41) is 7.76. The van der Waals surface area contributed by atoms with Crippen molar-refractivity contribution in [1.82, 2.24) is 9.78 Å². The van der Waals surface area contributed by atoms with Crippen molar-refractivity contribution in [2.45, 2.75) is 25.9 Å². The number of nitrogens with two attached hydrogens (primary N) is 1. The van der Waals surface area contributed by atoms with Crippen LogP contribution in [0.15, 0.2) is 42.0 Å². The Morgan fingerprint density at radius 1 is 1.37 bits per heavy atom. The summed E-state index contributed by atoms with van der Waals surface area (Å²) in [4.78, 5) is 0. The van der Waals surface area contributed by atoms with Crippen molar-refractivity contribution in [1.29, 1.82) is 0 Å². The van der Waals surface area contributed by atoms with Crippen LogP contribution in [0.2, 0.25) is 0 Å². The molecule has 3 aromatic rings. The molecule has 1 aromatic carbocycles. The minimum atomic E-state index is 0.0330. The van der Waals surface area contributed by atoms with Gasteiger partial charge >= 0.3 is 0 Å². The second-order valence-electron chi connectivity index (χ2n) is 4.70. The predicted molar refractivity (Wildman–Crippen MR) is 80.4 cm³/mol. The smallest absolute Gasteiger partial charge is 0.0522 e. The zero-order chi connectivity index (χ0) is 13.2. The summed E-state index contributed by atoms with van der Waals surface area (Å²) in [6.07, 6.45) is 4.83. The number of thiophene rings is 1. The van der Waals surface area contributed by atoms with E-state index >= 15 is 0 Å². The van der Waals surface area contributed by atoms with E-state index in [0.29, 0.717) is 0 Å². The van der Waals surface area contributed by atoms with E-state index in [-0.39, 0.29) is 6.04 Å². The first-order valence-electron chi connectivity index (χ1n) is 6.51. The number of nitrogens with zero attached hydrogens (tertiary/aromatic N) is 2. The van der Waals surface area contributed by atoms with E-state index in [1.807, 2.05) is 10.9 Å². The normalized spacial score (nSPS) is 12.9. The van der Waals surface area contributed by atoms with Crippen LogP contribution in [0.5, 0.6) is 0 Å². The molecule has 0 saturated carbocycles. The molecule has 1 unspecified atom stereocenters. The quantitative estimate of drug-likeness (QED) is 0.790. The van der Waals surface area contributed by atoms with Crippen LogP contribution in [0.3, 0.4) is 0 Å². The first kappa shape index (κ1) is 12.4. The Morgan fingerprint density at radius 2 is 2.21 bits per heavy atom. The van der Waals surface area contributed by atoms with Crippen molar-refractivity contribution in [3.05, 3.63) is 53.2 Å². The molecule has 2 aromatic heterocycles. The molecule has 3 rings (SSSR count). The topological polar surface area (TPSA) is 43.8 Å². The molecule has 0 saturated heterocycles. The molecule has 3 nitrogen and oxygen atoms in total. The zero-order valence-electron chi connectivity index (χ0n) is 10.9. The van der Waals surface area contributed by atoms with E-state index in [0.717, 1.165) is 13.0 Å². The molecule has 0 bridgehead atoms. The number of aryl methyl sites for hydroxylation is 1. The molecule has 1 atom stereocenters. The Labute approximate surface area is 116 Å². The molecular formula is C15H17N3S. The molecule has 0 aliphatic heterocycles. The third-order valence-electron chi connectivity index (χ3n) is 3.38. The van der Waals surface area contributed by atoms with Crippen molar-refractivity contribution in [2.75, 3.05) is 0 Å². The largest absolute Gasteiger partial charge is 0.324 e. The fraction of sp³-hybridized carbons (Fsp3) is 0.267. The van der Waals surface area contributed by atoms with Crippen LogP contribution in [0, 0.1) is 0 Å². The van der Waals surface area contributed by atoms with Crippen molar-refractivity contribution in [3.63, 3.8) is 0 Å². The molecule has 4 heteroatoms. The molecule has 0 spiro atoms. The van der Waals surface area contributed by atoms with Gasteiger partial charge in [0.2, 0.25) is 0 Å². The van der Waals surface area contributed by atoms with Gasteiger partial charge in [-0.15, -0.1) is 11.3 Å². The van der Waals surface area contributed by atoms with Crippen LogP contribution in [0.25, 0.3) is 10.1 Å². The minimum Gasteiger partial charge on any atom is -0.324 e. The first-order chi connectivity index (χ1) is 9.28. The molecular weight excluding hydrogens is 254 g/mol. The molecule has 0 aliphatic rings. The van der Waals surface area contributed by atoms with E-state index in [1.54, 1.807) is 11.3 Å². The van der Waals surface area contributed by atoms with Crippen LogP contribution in [0.1, 0.15) is 24.1 Å². The number of hydrogen-bond acceptors (Lipinski definition) is 3. The summed E-state index contributed by atoms with van der Waals surface area (Å²) in [5.74, 6) is 0. The molecule has 0 amide bonds. The summed E-state index contributed by atoms with van der Waals surface area (Å²) < 4.78 is 3.24. The van der Waals surface area contributed by atoms with E-state index in [9.17, 15) is 0 Å². The first-order valence-corrected chi connectivity index (χ1v) is 7.39. The van der Waals surface area contributed by atoms with Gasteiger partial charge in [0.1, 0.15) is 0 Å². The third kappa shape index (κ3) is 2.41. The van der Waals surface area contributed by atoms with Gasteiger partial charge in [-0.25, -0.2) is 0 Å². The molecule has 0 fully saturated rings. The summed E-state index contributed by atoms with van der Waals surface area (Å²) in [6.45, 7) is 2.99. The van der Waals surface area contributed by atoms with Crippen molar-refractivity contribution < 1.29 is 0 Å². The van der Waals surface area contributed by atoms with E-state index in [1.165, 1.54) is 21.2 Å². The Balaban J connectivity index is 1.85. The average Bonchev–Trinajstić information content (AvgIpc) is 3.04. The van der Waals surface area contributed by atoms with Crippen LogP contribution in [-0.4, -0.2) is 9.78 Å². The fourth-order valence-corrected chi connectivity index (χ4v) is 3.36. The van der Waals surface area contributed by atoms with E-state index in [2.05, 4.69) is 47.9 Å². The maximum Gasteiger partial charge on any atom is 0.0522 e. The molecule has 98 valence electrons. The summed E-state index contributed by atoms with van der Waals surface area (Å²) in [6, 6.07) is 8.47. The lowest BCUT2D eigenvalue weighted by Crippen LogP contribution is -2.12. The number of rotatable bonds is 4. The second kappa shape index (κ2) is 5.15. The average molecular weight is 271 g/mol. The zero-order valence-corrected chi connectivity index (χ0v) is 11.7. The fourth-order valence-electron chi connectivity index (χ4n) is 2.33. The summed E-state index contributed by atoms with van der Waals surface area (Å²) in [7, 11) is 0. The molecule has 19 heavy (non-hydrogen) atoms. The van der Waals surface area contributed by atoms with Gasteiger partial charge in [-0.05, 0) is 41.3 Å². The number of benzene rings is 1. The van der Waals surface area contributed by atoms with Gasteiger partial charge in [0.25, 0.3) is 0 Å². The lowest BCUT2D eigenvalue weighted by Gasteiger charge is -2.09. The monoisotopic (exact) mass is 271 g/mol. The van der Waals surface area contributed by atoms with Gasteiger partial charge in [0, 0.05) is 23.5 Å². The van der Waals surface area contributed by atoms with Gasteiger partial charge in [-0.1, -0.05) is 18.2 Å². The van der Waals surface area contributed by atoms with Crippen molar-refractivity contribution in [2.24, 2.45) is 5.73 Å². The third-order valence-corrected chi connectivity index (χ3v) is 4.36. The van der Waals surface area contributed by atoms with Gasteiger partial charge in [-0.2, -0.15) is 5.10 Å².